The molecule has 2 saturated heterocycles. The highest BCUT2D eigenvalue weighted by molar-refractivity contribution is 7.11. The van der Waals surface area contributed by atoms with Gasteiger partial charge in [0.25, 0.3) is 0 Å². The molecule has 4 rings (SSSR count). The molecular weight excluding hydrogens is 376 g/mol. The van der Waals surface area contributed by atoms with E-state index in [9.17, 15) is 9.59 Å². The number of ether oxygens (including phenoxy) is 1. The molecule has 0 spiro atoms. The molecule has 0 saturated carbocycles. The minimum Gasteiger partial charge on any atom is -0.497 e. The van der Waals surface area contributed by atoms with Gasteiger partial charge in [-0.2, -0.15) is 0 Å². The lowest BCUT2D eigenvalue weighted by Gasteiger charge is -2.32. The average molecular weight is 401 g/mol. The highest BCUT2D eigenvalue weighted by Gasteiger charge is 2.38. The van der Waals surface area contributed by atoms with Gasteiger partial charge in [0, 0.05) is 37.7 Å². The maximum absolute atomic E-state index is 13.0. The summed E-state index contributed by atoms with van der Waals surface area (Å²) in [6, 6.07) is 7.38. The van der Waals surface area contributed by atoms with Gasteiger partial charge in [0.15, 0.2) is 0 Å². The van der Waals surface area contributed by atoms with E-state index in [1.807, 2.05) is 36.1 Å². The summed E-state index contributed by atoms with van der Waals surface area (Å²) in [5.74, 6) is 0.960. The Hall–Kier alpha value is -2.48. The van der Waals surface area contributed by atoms with Crippen LogP contribution in [-0.4, -0.2) is 53.7 Å². The Kier molecular flexibility index (Phi) is 5.30. The monoisotopic (exact) mass is 400 g/mol. The molecule has 3 heterocycles. The number of likely N-dealkylation sites (tertiary alicyclic amines) is 1. The highest BCUT2D eigenvalue weighted by atomic mass is 32.1. The number of aromatic nitrogens is 2. The summed E-state index contributed by atoms with van der Waals surface area (Å²) in [6.07, 6.45) is 2.09. The van der Waals surface area contributed by atoms with Crippen LogP contribution in [0.1, 0.15) is 35.2 Å². The van der Waals surface area contributed by atoms with Crippen molar-refractivity contribution in [3.05, 3.63) is 34.3 Å². The summed E-state index contributed by atoms with van der Waals surface area (Å²) in [5.41, 5.74) is 0.812. The molecule has 7 nitrogen and oxygen atoms in total. The molecule has 8 heteroatoms. The summed E-state index contributed by atoms with van der Waals surface area (Å²) >= 11 is 1.64. The first-order chi connectivity index (χ1) is 13.5. The number of aryl methyl sites for hydroxylation is 1. The normalized spacial score (nSPS) is 20.6. The summed E-state index contributed by atoms with van der Waals surface area (Å²) in [5, 5.41) is 10.4. The number of piperidine rings is 1. The first kappa shape index (κ1) is 18.9. The first-order valence-electron chi connectivity index (χ1n) is 9.58. The summed E-state index contributed by atoms with van der Waals surface area (Å²) in [7, 11) is 1.61. The second-order valence-corrected chi connectivity index (χ2v) is 8.58. The van der Waals surface area contributed by atoms with Crippen molar-refractivity contribution in [3.63, 3.8) is 0 Å². The zero-order valence-electron chi connectivity index (χ0n) is 16.1. The molecular formula is C20H24N4O3S. The predicted molar refractivity (Wildman–Crippen MR) is 107 cm³/mol. The van der Waals surface area contributed by atoms with E-state index in [-0.39, 0.29) is 24.2 Å². The van der Waals surface area contributed by atoms with Crippen LogP contribution >= 0.6 is 11.3 Å². The van der Waals surface area contributed by atoms with E-state index in [0.29, 0.717) is 12.5 Å². The number of carbonyl (C=O) groups is 2. The quantitative estimate of drug-likeness (QED) is 0.789. The molecule has 28 heavy (non-hydrogen) atoms. The van der Waals surface area contributed by atoms with Crippen molar-refractivity contribution >= 4 is 28.8 Å². The highest BCUT2D eigenvalue weighted by Crippen LogP contribution is 2.32. The van der Waals surface area contributed by atoms with Crippen molar-refractivity contribution in [2.24, 2.45) is 5.92 Å². The molecule has 2 aliphatic rings. The molecule has 1 atom stereocenters. The van der Waals surface area contributed by atoms with Crippen molar-refractivity contribution in [2.45, 2.75) is 32.1 Å². The molecule has 0 N–H and O–H groups in total. The smallest absolute Gasteiger partial charge is 0.228 e. The van der Waals surface area contributed by atoms with Gasteiger partial charge in [0.05, 0.1) is 13.0 Å². The average Bonchev–Trinajstić information content (AvgIpc) is 3.33. The largest absolute Gasteiger partial charge is 0.497 e. The van der Waals surface area contributed by atoms with Crippen molar-refractivity contribution in [1.29, 1.82) is 0 Å². The standard InChI is InChI=1S/C20H24N4O3S/c1-13-21-22-19(28-13)14-7-9-23(10-8-14)20(26)15-11-18(25)24(12-15)16-3-5-17(27-2)6-4-16/h3-6,14-15H,7-12H2,1-2H3/t15-/m1/s1. The number of rotatable bonds is 4. The van der Waals surface area contributed by atoms with Gasteiger partial charge in [0.1, 0.15) is 15.8 Å². The lowest BCUT2D eigenvalue weighted by atomic mass is 9.96. The van der Waals surface area contributed by atoms with Crippen LogP contribution in [0, 0.1) is 12.8 Å². The molecule has 2 aromatic rings. The van der Waals surface area contributed by atoms with Crippen molar-refractivity contribution in [2.75, 3.05) is 31.6 Å². The number of anilines is 1. The van der Waals surface area contributed by atoms with E-state index in [1.54, 1.807) is 23.3 Å². The second kappa shape index (κ2) is 7.87. The zero-order chi connectivity index (χ0) is 19.7. The minimum absolute atomic E-state index is 0.00254. The number of hydrogen-bond donors (Lipinski definition) is 0. The van der Waals surface area contributed by atoms with E-state index in [4.69, 9.17) is 4.74 Å². The van der Waals surface area contributed by atoms with Gasteiger partial charge in [-0.15, -0.1) is 21.5 Å². The predicted octanol–water partition coefficient (Wildman–Crippen LogP) is 2.61. The molecule has 0 radical (unpaired) electrons. The third-order valence-electron chi connectivity index (χ3n) is 5.56. The molecule has 0 bridgehead atoms. The summed E-state index contributed by atoms with van der Waals surface area (Å²) in [4.78, 5) is 29.1. The van der Waals surface area contributed by atoms with Gasteiger partial charge in [0.2, 0.25) is 11.8 Å². The second-order valence-electron chi connectivity index (χ2n) is 7.36. The van der Waals surface area contributed by atoms with Gasteiger partial charge >= 0.3 is 0 Å². The lowest BCUT2D eigenvalue weighted by Crippen LogP contribution is -2.42. The molecule has 2 amide bonds. The van der Waals surface area contributed by atoms with E-state index >= 15 is 0 Å². The fourth-order valence-electron chi connectivity index (χ4n) is 3.97. The van der Waals surface area contributed by atoms with Gasteiger partial charge < -0.3 is 14.5 Å². The van der Waals surface area contributed by atoms with Crippen LogP contribution in [0.4, 0.5) is 5.69 Å². The first-order valence-corrected chi connectivity index (χ1v) is 10.4. The molecule has 148 valence electrons. The Bertz CT molecular complexity index is 859. The summed E-state index contributed by atoms with van der Waals surface area (Å²) < 4.78 is 5.17. The Morgan fingerprint density at radius 1 is 1.18 bits per heavy atom. The van der Waals surface area contributed by atoms with E-state index in [2.05, 4.69) is 10.2 Å². The van der Waals surface area contributed by atoms with Gasteiger partial charge in [-0.25, -0.2) is 0 Å². The molecule has 2 fully saturated rings. The van der Waals surface area contributed by atoms with Crippen LogP contribution < -0.4 is 9.64 Å². The van der Waals surface area contributed by atoms with Crippen LogP contribution in [0.3, 0.4) is 0 Å². The number of nitrogens with zero attached hydrogens (tertiary/aromatic N) is 4. The Morgan fingerprint density at radius 3 is 2.50 bits per heavy atom. The third-order valence-corrected chi connectivity index (χ3v) is 6.56. The van der Waals surface area contributed by atoms with E-state index in [0.717, 1.165) is 47.4 Å². The van der Waals surface area contributed by atoms with Gasteiger partial charge in [-0.05, 0) is 44.0 Å². The van der Waals surface area contributed by atoms with Crippen molar-refractivity contribution in [3.8, 4) is 5.75 Å². The van der Waals surface area contributed by atoms with Gasteiger partial charge in [-0.3, -0.25) is 9.59 Å². The SMILES string of the molecule is COc1ccc(N2C[C@H](C(=O)N3CCC(c4nnc(C)s4)CC3)CC2=O)cc1. The van der Waals surface area contributed by atoms with Crippen LogP contribution in [0.25, 0.3) is 0 Å². The minimum atomic E-state index is -0.269. The topological polar surface area (TPSA) is 75.6 Å². The van der Waals surface area contributed by atoms with Gasteiger partial charge in [-0.1, -0.05) is 0 Å². The molecule has 1 aromatic carbocycles. The van der Waals surface area contributed by atoms with Crippen molar-refractivity contribution < 1.29 is 14.3 Å². The van der Waals surface area contributed by atoms with Crippen LogP contribution in [0.2, 0.25) is 0 Å². The van der Waals surface area contributed by atoms with Crippen molar-refractivity contribution in [1.82, 2.24) is 15.1 Å². The third kappa shape index (κ3) is 3.73. The Balaban J connectivity index is 1.36. The van der Waals surface area contributed by atoms with E-state index in [1.165, 1.54) is 0 Å². The number of benzene rings is 1. The molecule has 0 aliphatic carbocycles. The molecule has 2 aliphatic heterocycles. The fraction of sp³-hybridized carbons (Fsp3) is 0.500. The number of methoxy groups -OCH3 is 1. The number of amides is 2. The maximum Gasteiger partial charge on any atom is 0.228 e. The van der Waals surface area contributed by atoms with Crippen LogP contribution in [0.5, 0.6) is 5.75 Å². The Labute approximate surface area is 168 Å². The molecule has 1 aromatic heterocycles. The van der Waals surface area contributed by atoms with Crippen LogP contribution in [0.15, 0.2) is 24.3 Å². The summed E-state index contributed by atoms with van der Waals surface area (Å²) in [6.45, 7) is 3.84. The van der Waals surface area contributed by atoms with Crippen LogP contribution in [-0.2, 0) is 9.59 Å². The zero-order valence-corrected chi connectivity index (χ0v) is 16.9. The maximum atomic E-state index is 13.0. The fourth-order valence-corrected chi connectivity index (χ4v) is 4.83. The van der Waals surface area contributed by atoms with E-state index < -0.39 is 0 Å². The number of carbonyl (C=O) groups excluding carboxylic acids is 2. The Morgan fingerprint density at radius 2 is 1.89 bits per heavy atom. The number of hydrogen-bond acceptors (Lipinski definition) is 6. The lowest BCUT2D eigenvalue weighted by molar-refractivity contribution is -0.136. The molecule has 0 unspecified atom stereocenters.